The van der Waals surface area contributed by atoms with Gasteiger partial charge in [-0.1, -0.05) is 23.7 Å². The fourth-order valence-electron chi connectivity index (χ4n) is 5.45. The molecule has 0 bridgehead atoms. The lowest BCUT2D eigenvalue weighted by molar-refractivity contribution is 0.0686. The molecule has 5 rings (SSSR count). The van der Waals surface area contributed by atoms with E-state index in [-0.39, 0.29) is 5.91 Å². The fourth-order valence-corrected chi connectivity index (χ4v) is 5.75. The van der Waals surface area contributed by atoms with Crippen molar-refractivity contribution in [1.29, 1.82) is 5.26 Å². The molecule has 172 valence electrons. The first kappa shape index (κ1) is 22.4. The van der Waals surface area contributed by atoms with Crippen molar-refractivity contribution in [3.8, 4) is 6.07 Å². The number of aryl methyl sites for hydroxylation is 1. The zero-order valence-electron chi connectivity index (χ0n) is 19.2. The number of hydrogen-bond donors (Lipinski definition) is 0. The average molecular weight is 462 g/mol. The molecular weight excluding hydrogens is 430 g/mol. The Morgan fingerprint density at radius 2 is 1.88 bits per heavy atom. The van der Waals surface area contributed by atoms with Crippen LogP contribution in [0.25, 0.3) is 0 Å². The molecule has 0 atom stereocenters. The minimum Gasteiger partial charge on any atom is -0.339 e. The molecule has 0 radical (unpaired) electrons. The molecule has 1 saturated heterocycles. The van der Waals surface area contributed by atoms with E-state index in [1.165, 1.54) is 36.0 Å². The molecule has 33 heavy (non-hydrogen) atoms. The minimum absolute atomic E-state index is 0.132. The maximum Gasteiger partial charge on any atom is 0.253 e. The number of benzene rings is 2. The second-order valence-electron chi connectivity index (χ2n) is 10.1. The van der Waals surface area contributed by atoms with Gasteiger partial charge in [0.2, 0.25) is 0 Å². The maximum atomic E-state index is 13.2. The first-order chi connectivity index (χ1) is 16.1. The Kier molecular flexibility index (Phi) is 6.71. The number of nitrogens with zero attached hydrogens (tertiary/aromatic N) is 3. The van der Waals surface area contributed by atoms with Crippen LogP contribution < -0.4 is 0 Å². The molecule has 1 saturated carbocycles. The molecule has 2 heterocycles. The van der Waals surface area contributed by atoms with E-state index < -0.39 is 0 Å². The quantitative estimate of drug-likeness (QED) is 0.522. The molecule has 1 amide bonds. The molecule has 0 spiro atoms. The predicted molar refractivity (Wildman–Crippen MR) is 131 cm³/mol. The van der Waals surface area contributed by atoms with Crippen LogP contribution in [0.15, 0.2) is 36.4 Å². The van der Waals surface area contributed by atoms with E-state index in [0.29, 0.717) is 5.92 Å². The van der Waals surface area contributed by atoms with Gasteiger partial charge in [0.25, 0.3) is 5.91 Å². The van der Waals surface area contributed by atoms with Crippen LogP contribution in [0.3, 0.4) is 0 Å². The number of amides is 1. The zero-order valence-corrected chi connectivity index (χ0v) is 20.0. The smallest absolute Gasteiger partial charge is 0.253 e. The number of fused-ring (bicyclic) bond motifs is 1. The minimum atomic E-state index is 0.132. The molecule has 1 aliphatic carbocycles. The number of likely N-dealkylation sites (tertiary alicyclic amines) is 1. The Labute approximate surface area is 202 Å². The highest BCUT2D eigenvalue weighted by Gasteiger charge is 2.30. The van der Waals surface area contributed by atoms with E-state index in [1.807, 2.05) is 29.2 Å². The molecule has 2 aromatic rings. The lowest BCUT2D eigenvalue weighted by atomic mass is 9.90. The lowest BCUT2D eigenvalue weighted by Crippen LogP contribution is -2.38. The number of hydrogen-bond acceptors (Lipinski definition) is 3. The van der Waals surface area contributed by atoms with Gasteiger partial charge in [-0.15, -0.1) is 0 Å². The first-order valence-electron chi connectivity index (χ1n) is 12.4. The van der Waals surface area contributed by atoms with Gasteiger partial charge in [0, 0.05) is 43.3 Å². The molecule has 4 nitrogen and oxygen atoms in total. The van der Waals surface area contributed by atoms with Gasteiger partial charge in [-0.2, -0.15) is 5.26 Å². The van der Waals surface area contributed by atoms with Gasteiger partial charge in [-0.05, 0) is 97.7 Å². The van der Waals surface area contributed by atoms with Crippen molar-refractivity contribution in [2.45, 2.75) is 58.0 Å². The Bertz CT molecular complexity index is 1060. The van der Waals surface area contributed by atoms with Crippen molar-refractivity contribution < 1.29 is 4.79 Å². The van der Waals surface area contributed by atoms with Crippen LogP contribution in [0.2, 0.25) is 5.02 Å². The monoisotopic (exact) mass is 461 g/mol. The summed E-state index contributed by atoms with van der Waals surface area (Å²) in [5.74, 6) is 1.67. The van der Waals surface area contributed by atoms with Gasteiger partial charge >= 0.3 is 0 Å². The van der Waals surface area contributed by atoms with E-state index in [2.05, 4.69) is 23.1 Å². The van der Waals surface area contributed by atoms with E-state index in [0.717, 1.165) is 80.5 Å². The zero-order chi connectivity index (χ0) is 22.8. The summed E-state index contributed by atoms with van der Waals surface area (Å²) in [5.41, 5.74) is 5.19. The van der Waals surface area contributed by atoms with Crippen molar-refractivity contribution in [1.82, 2.24) is 9.80 Å². The molecule has 5 heteroatoms. The molecule has 2 fully saturated rings. The number of carbonyl (C=O) groups excluding carboxylic acids is 1. The first-order valence-corrected chi connectivity index (χ1v) is 12.8. The number of nitriles is 1. The summed E-state index contributed by atoms with van der Waals surface area (Å²) >= 11 is 6.61. The summed E-state index contributed by atoms with van der Waals surface area (Å²) in [6, 6.07) is 14.1. The third-order valence-corrected chi connectivity index (χ3v) is 7.90. The van der Waals surface area contributed by atoms with Crippen LogP contribution in [0, 0.1) is 23.2 Å². The molecule has 0 unspecified atom stereocenters. The Morgan fingerprint density at radius 1 is 1.06 bits per heavy atom. The van der Waals surface area contributed by atoms with Crippen LogP contribution >= 0.6 is 11.6 Å². The largest absolute Gasteiger partial charge is 0.339 e. The van der Waals surface area contributed by atoms with Crippen LogP contribution in [0.5, 0.6) is 0 Å². The third-order valence-electron chi connectivity index (χ3n) is 7.56. The van der Waals surface area contributed by atoms with E-state index >= 15 is 0 Å². The normalized spacial score (nSPS) is 18.8. The van der Waals surface area contributed by atoms with Crippen molar-refractivity contribution in [3.05, 3.63) is 69.2 Å². The number of carbonyl (C=O) groups is 1. The standard InChI is InChI=1S/C28H32ClN3O/c29-27-15-24(14-25-18-31(19-26(25)27)17-22-7-8-22)28(33)32-11-9-20(10-12-32)3-1-4-21-5-2-6-23(13-21)16-30/h2,5-6,13-15,20,22H,1,3-4,7-12,17-19H2. The summed E-state index contributed by atoms with van der Waals surface area (Å²) in [5, 5.41) is 9.81. The second kappa shape index (κ2) is 9.87. The van der Waals surface area contributed by atoms with Crippen LogP contribution in [0.1, 0.15) is 71.1 Å². The molecule has 2 aliphatic heterocycles. The molecular formula is C28H32ClN3O. The molecule has 0 aromatic heterocycles. The van der Waals surface area contributed by atoms with E-state index in [9.17, 15) is 4.79 Å². The van der Waals surface area contributed by atoms with Crippen LogP contribution in [0.4, 0.5) is 0 Å². The second-order valence-corrected chi connectivity index (χ2v) is 10.6. The lowest BCUT2D eigenvalue weighted by Gasteiger charge is -2.32. The van der Waals surface area contributed by atoms with Gasteiger partial charge in [-0.25, -0.2) is 0 Å². The van der Waals surface area contributed by atoms with Crippen molar-refractivity contribution in [2.24, 2.45) is 11.8 Å². The van der Waals surface area contributed by atoms with Crippen LogP contribution in [-0.2, 0) is 19.5 Å². The van der Waals surface area contributed by atoms with Crippen molar-refractivity contribution in [2.75, 3.05) is 19.6 Å². The highest BCUT2D eigenvalue weighted by molar-refractivity contribution is 6.32. The highest BCUT2D eigenvalue weighted by Crippen LogP contribution is 2.36. The maximum absolute atomic E-state index is 13.2. The fraction of sp³-hybridized carbons (Fsp3) is 0.500. The van der Waals surface area contributed by atoms with Gasteiger partial charge in [-0.3, -0.25) is 9.69 Å². The Hall–Kier alpha value is -2.35. The average Bonchev–Trinajstić information content (AvgIpc) is 3.55. The van der Waals surface area contributed by atoms with Crippen molar-refractivity contribution >= 4 is 17.5 Å². The van der Waals surface area contributed by atoms with Gasteiger partial charge in [0.05, 0.1) is 11.6 Å². The SMILES string of the molecule is N#Cc1cccc(CCCC2CCN(C(=O)c3cc(Cl)c4c(c3)CN(CC3CC3)C4)CC2)c1. The topological polar surface area (TPSA) is 47.3 Å². The molecule has 0 N–H and O–H groups in total. The summed E-state index contributed by atoms with van der Waals surface area (Å²) in [4.78, 5) is 17.7. The number of piperidine rings is 1. The van der Waals surface area contributed by atoms with Crippen LogP contribution in [-0.4, -0.2) is 35.3 Å². The highest BCUT2D eigenvalue weighted by atomic mass is 35.5. The number of halogens is 1. The Morgan fingerprint density at radius 3 is 2.64 bits per heavy atom. The summed E-state index contributed by atoms with van der Waals surface area (Å²) in [7, 11) is 0. The van der Waals surface area contributed by atoms with Crippen molar-refractivity contribution in [3.63, 3.8) is 0 Å². The summed E-state index contributed by atoms with van der Waals surface area (Å²) in [6.45, 7) is 4.66. The predicted octanol–water partition coefficient (Wildman–Crippen LogP) is 5.81. The van der Waals surface area contributed by atoms with Gasteiger partial charge < -0.3 is 4.90 Å². The van der Waals surface area contributed by atoms with Gasteiger partial charge in [0.15, 0.2) is 0 Å². The summed E-state index contributed by atoms with van der Waals surface area (Å²) in [6.07, 6.45) is 8.17. The van der Waals surface area contributed by atoms with E-state index in [4.69, 9.17) is 16.9 Å². The van der Waals surface area contributed by atoms with E-state index in [1.54, 1.807) is 0 Å². The summed E-state index contributed by atoms with van der Waals surface area (Å²) < 4.78 is 0. The number of rotatable bonds is 7. The molecule has 2 aromatic carbocycles. The van der Waals surface area contributed by atoms with Gasteiger partial charge in [0.1, 0.15) is 0 Å². The third kappa shape index (κ3) is 5.42. The molecule has 3 aliphatic rings. The Balaban J connectivity index is 1.11.